The number of benzene rings is 1. The van der Waals surface area contributed by atoms with Gasteiger partial charge in [-0.2, -0.15) is 0 Å². The fraction of sp³-hybridized carbons (Fsp3) is 0.333. The van der Waals surface area contributed by atoms with E-state index in [1.54, 1.807) is 0 Å². The van der Waals surface area contributed by atoms with E-state index >= 15 is 0 Å². The van der Waals surface area contributed by atoms with Crippen LogP contribution < -0.4 is 0 Å². The topological polar surface area (TPSA) is 25.8 Å². The first kappa shape index (κ1) is 13.9. The van der Waals surface area contributed by atoms with Gasteiger partial charge in [0.25, 0.3) is 0 Å². The summed E-state index contributed by atoms with van der Waals surface area (Å²) in [6, 6.07) is 4.75. The van der Waals surface area contributed by atoms with Gasteiger partial charge < -0.3 is 0 Å². The Bertz CT molecular complexity index is 580. The van der Waals surface area contributed by atoms with Crippen LogP contribution in [0.2, 0.25) is 5.15 Å². The summed E-state index contributed by atoms with van der Waals surface area (Å²) in [5.74, 6) is 0.436. The molecule has 0 fully saturated rings. The van der Waals surface area contributed by atoms with Crippen molar-refractivity contribution in [3.05, 3.63) is 46.0 Å². The highest BCUT2D eigenvalue weighted by molar-refractivity contribution is 6.30. The highest BCUT2D eigenvalue weighted by Crippen LogP contribution is 2.28. The summed E-state index contributed by atoms with van der Waals surface area (Å²) in [5, 5.41) is 0.444. The number of nitrogens with zero attached hydrogens (tertiary/aromatic N) is 2. The van der Waals surface area contributed by atoms with Crippen LogP contribution in [0.3, 0.4) is 0 Å². The lowest BCUT2D eigenvalue weighted by atomic mass is 10.0. The fourth-order valence-electron chi connectivity index (χ4n) is 2.20. The Balaban J connectivity index is 2.58. The molecule has 1 aromatic heterocycles. The number of aryl methyl sites for hydroxylation is 2. The van der Waals surface area contributed by atoms with E-state index in [2.05, 4.69) is 9.97 Å². The second kappa shape index (κ2) is 5.25. The lowest BCUT2D eigenvalue weighted by Crippen LogP contribution is -2.02. The summed E-state index contributed by atoms with van der Waals surface area (Å²) < 4.78 is 13.4. The SMILES string of the molecule is Cc1cc(F)cc(-c2nc(C)c(C(C)C)c(Cl)n2)c1. The van der Waals surface area contributed by atoms with Crippen molar-refractivity contribution in [3.8, 4) is 11.4 Å². The zero-order valence-corrected chi connectivity index (χ0v) is 12.2. The molecule has 0 atom stereocenters. The molecule has 100 valence electrons. The van der Waals surface area contributed by atoms with Gasteiger partial charge in [0, 0.05) is 16.8 Å². The zero-order chi connectivity index (χ0) is 14.2. The molecule has 0 N–H and O–H groups in total. The maximum Gasteiger partial charge on any atom is 0.161 e. The number of aromatic nitrogens is 2. The van der Waals surface area contributed by atoms with Crippen molar-refractivity contribution in [2.75, 3.05) is 0 Å². The predicted octanol–water partition coefficient (Wildman–Crippen LogP) is 4.68. The minimum atomic E-state index is -0.291. The minimum Gasteiger partial charge on any atom is -0.233 e. The summed E-state index contributed by atoms with van der Waals surface area (Å²) in [5.41, 5.74) is 3.27. The first-order valence-corrected chi connectivity index (χ1v) is 6.58. The third-order valence-electron chi connectivity index (χ3n) is 2.97. The third-order valence-corrected chi connectivity index (χ3v) is 3.26. The van der Waals surface area contributed by atoms with Crippen molar-refractivity contribution in [2.45, 2.75) is 33.6 Å². The van der Waals surface area contributed by atoms with E-state index in [0.29, 0.717) is 16.5 Å². The Morgan fingerprint density at radius 1 is 1.11 bits per heavy atom. The molecule has 0 aliphatic carbocycles. The lowest BCUT2D eigenvalue weighted by Gasteiger charge is -2.12. The number of hydrogen-bond donors (Lipinski definition) is 0. The van der Waals surface area contributed by atoms with Gasteiger partial charge in [-0.1, -0.05) is 25.4 Å². The smallest absolute Gasteiger partial charge is 0.161 e. The monoisotopic (exact) mass is 278 g/mol. The molecule has 0 unspecified atom stereocenters. The number of halogens is 2. The maximum absolute atomic E-state index is 13.4. The Morgan fingerprint density at radius 2 is 1.79 bits per heavy atom. The van der Waals surface area contributed by atoms with E-state index in [0.717, 1.165) is 16.8 Å². The molecule has 2 aromatic rings. The van der Waals surface area contributed by atoms with E-state index in [4.69, 9.17) is 11.6 Å². The molecule has 0 bridgehead atoms. The average Bonchev–Trinajstić information content (AvgIpc) is 2.25. The normalized spacial score (nSPS) is 11.1. The van der Waals surface area contributed by atoms with Gasteiger partial charge in [0.15, 0.2) is 5.82 Å². The van der Waals surface area contributed by atoms with Crippen molar-refractivity contribution in [2.24, 2.45) is 0 Å². The van der Waals surface area contributed by atoms with Gasteiger partial charge in [0.1, 0.15) is 11.0 Å². The molecule has 2 nitrogen and oxygen atoms in total. The van der Waals surface area contributed by atoms with E-state index in [1.807, 2.05) is 33.8 Å². The van der Waals surface area contributed by atoms with Crippen LogP contribution in [0.4, 0.5) is 4.39 Å². The Kier molecular flexibility index (Phi) is 3.85. The molecule has 0 saturated carbocycles. The van der Waals surface area contributed by atoms with Crippen LogP contribution in [0.15, 0.2) is 18.2 Å². The van der Waals surface area contributed by atoms with Gasteiger partial charge in [-0.25, -0.2) is 14.4 Å². The first-order valence-electron chi connectivity index (χ1n) is 6.20. The second-order valence-corrected chi connectivity index (χ2v) is 5.37. The molecule has 1 heterocycles. The zero-order valence-electron chi connectivity index (χ0n) is 11.5. The molecular weight excluding hydrogens is 263 g/mol. The highest BCUT2D eigenvalue weighted by Gasteiger charge is 2.14. The molecule has 1 aromatic carbocycles. The lowest BCUT2D eigenvalue weighted by molar-refractivity contribution is 0.627. The molecule has 0 amide bonds. The second-order valence-electron chi connectivity index (χ2n) is 5.01. The maximum atomic E-state index is 13.4. The molecule has 0 aliphatic rings. The number of hydrogen-bond acceptors (Lipinski definition) is 2. The van der Waals surface area contributed by atoms with E-state index in [-0.39, 0.29) is 11.7 Å². The molecule has 0 spiro atoms. The summed E-state index contributed by atoms with van der Waals surface area (Å²) in [6.07, 6.45) is 0. The Morgan fingerprint density at radius 3 is 2.32 bits per heavy atom. The van der Waals surface area contributed by atoms with E-state index < -0.39 is 0 Å². The van der Waals surface area contributed by atoms with Crippen LogP contribution in [-0.2, 0) is 0 Å². The van der Waals surface area contributed by atoms with Crippen LogP contribution in [-0.4, -0.2) is 9.97 Å². The van der Waals surface area contributed by atoms with Crippen LogP contribution in [0.1, 0.15) is 36.6 Å². The number of rotatable bonds is 2. The fourth-order valence-corrected chi connectivity index (χ4v) is 2.63. The Labute approximate surface area is 117 Å². The highest BCUT2D eigenvalue weighted by atomic mass is 35.5. The van der Waals surface area contributed by atoms with Crippen molar-refractivity contribution in [3.63, 3.8) is 0 Å². The van der Waals surface area contributed by atoms with Crippen molar-refractivity contribution in [1.29, 1.82) is 0 Å². The van der Waals surface area contributed by atoms with Crippen molar-refractivity contribution < 1.29 is 4.39 Å². The van der Waals surface area contributed by atoms with Crippen LogP contribution >= 0.6 is 11.6 Å². The molecule has 4 heteroatoms. The quantitative estimate of drug-likeness (QED) is 0.746. The van der Waals surface area contributed by atoms with Crippen LogP contribution in [0.25, 0.3) is 11.4 Å². The van der Waals surface area contributed by atoms with Gasteiger partial charge in [0.2, 0.25) is 0 Å². The molecule has 0 radical (unpaired) electrons. The average molecular weight is 279 g/mol. The largest absolute Gasteiger partial charge is 0.233 e. The molecule has 2 rings (SSSR count). The standard InChI is InChI=1S/C15H16ClFN2/c1-8(2)13-10(4)18-15(19-14(13)16)11-5-9(3)6-12(17)7-11/h5-8H,1-4H3. The molecule has 19 heavy (non-hydrogen) atoms. The van der Waals surface area contributed by atoms with Crippen LogP contribution in [0.5, 0.6) is 0 Å². The van der Waals surface area contributed by atoms with Crippen LogP contribution in [0, 0.1) is 19.7 Å². The van der Waals surface area contributed by atoms with Gasteiger partial charge in [-0.15, -0.1) is 0 Å². The Hall–Kier alpha value is -1.48. The summed E-state index contributed by atoms with van der Waals surface area (Å²) in [4.78, 5) is 8.74. The predicted molar refractivity (Wildman–Crippen MR) is 76.0 cm³/mol. The van der Waals surface area contributed by atoms with Crippen molar-refractivity contribution >= 4 is 11.6 Å². The summed E-state index contributed by atoms with van der Waals surface area (Å²) in [6.45, 7) is 7.83. The first-order chi connectivity index (χ1) is 8.88. The summed E-state index contributed by atoms with van der Waals surface area (Å²) in [7, 11) is 0. The van der Waals surface area contributed by atoms with E-state index in [1.165, 1.54) is 12.1 Å². The van der Waals surface area contributed by atoms with Gasteiger partial charge in [-0.3, -0.25) is 0 Å². The molecule has 0 saturated heterocycles. The van der Waals surface area contributed by atoms with Crippen molar-refractivity contribution in [1.82, 2.24) is 9.97 Å². The summed E-state index contributed by atoms with van der Waals surface area (Å²) >= 11 is 6.21. The van der Waals surface area contributed by atoms with Gasteiger partial charge >= 0.3 is 0 Å². The van der Waals surface area contributed by atoms with Gasteiger partial charge in [-0.05, 0) is 43.5 Å². The molecule has 0 aliphatic heterocycles. The van der Waals surface area contributed by atoms with Gasteiger partial charge in [0.05, 0.1) is 0 Å². The van der Waals surface area contributed by atoms with E-state index in [9.17, 15) is 4.39 Å². The minimum absolute atomic E-state index is 0.260. The molecular formula is C15H16ClFN2. The third kappa shape index (κ3) is 2.92.